The average molecular weight is 235 g/mol. The fourth-order valence-corrected chi connectivity index (χ4v) is 1.53. The van der Waals surface area contributed by atoms with Crippen LogP contribution in [0.25, 0.3) is 0 Å². The van der Waals surface area contributed by atoms with Gasteiger partial charge in [0.25, 0.3) is 0 Å². The molecule has 0 heterocycles. The molecule has 17 heavy (non-hydrogen) atoms. The monoisotopic (exact) mass is 235 g/mol. The zero-order valence-electron chi connectivity index (χ0n) is 10.9. The van der Waals surface area contributed by atoms with Gasteiger partial charge in [-0.15, -0.1) is 0 Å². The van der Waals surface area contributed by atoms with Crippen LogP contribution in [0, 0.1) is 0 Å². The van der Waals surface area contributed by atoms with Crippen LogP contribution in [-0.2, 0) is 11.2 Å². The summed E-state index contributed by atoms with van der Waals surface area (Å²) in [5, 5.41) is 0. The van der Waals surface area contributed by atoms with Crippen molar-refractivity contribution >= 4 is 5.90 Å². The summed E-state index contributed by atoms with van der Waals surface area (Å²) in [6.07, 6.45) is 2.85. The molecule has 0 aromatic heterocycles. The largest absolute Gasteiger partial charge is 0.497 e. The van der Waals surface area contributed by atoms with Crippen LogP contribution in [0.1, 0.15) is 25.3 Å². The number of benzene rings is 1. The molecule has 1 aromatic rings. The van der Waals surface area contributed by atoms with E-state index >= 15 is 0 Å². The molecule has 1 rings (SSSR count). The lowest BCUT2D eigenvalue weighted by Gasteiger charge is -2.06. The Hall–Kier alpha value is -1.51. The second-order valence-electron chi connectivity index (χ2n) is 3.83. The fourth-order valence-electron chi connectivity index (χ4n) is 1.53. The van der Waals surface area contributed by atoms with Gasteiger partial charge in [-0.3, -0.25) is 4.99 Å². The van der Waals surface area contributed by atoms with E-state index in [0.717, 1.165) is 37.5 Å². The van der Waals surface area contributed by atoms with E-state index in [4.69, 9.17) is 9.47 Å². The summed E-state index contributed by atoms with van der Waals surface area (Å²) in [4.78, 5) is 4.38. The Morgan fingerprint density at radius 2 is 1.88 bits per heavy atom. The molecule has 0 unspecified atom stereocenters. The Morgan fingerprint density at radius 1 is 1.18 bits per heavy atom. The van der Waals surface area contributed by atoms with Crippen molar-refractivity contribution in [3.8, 4) is 5.75 Å². The third-order valence-corrected chi connectivity index (χ3v) is 2.53. The fraction of sp³-hybridized carbons (Fsp3) is 0.500. The summed E-state index contributed by atoms with van der Waals surface area (Å²) in [6.45, 7) is 2.95. The minimum absolute atomic E-state index is 0.836. The highest BCUT2D eigenvalue weighted by atomic mass is 16.5. The number of hydrogen-bond acceptors (Lipinski definition) is 3. The predicted molar refractivity (Wildman–Crippen MR) is 70.9 cm³/mol. The molecule has 3 nitrogen and oxygen atoms in total. The molecule has 0 atom stereocenters. The Bertz CT molecular complexity index is 344. The maximum absolute atomic E-state index is 5.24. The normalized spacial score (nSPS) is 11.4. The maximum Gasteiger partial charge on any atom is 0.183 e. The Morgan fingerprint density at radius 3 is 2.41 bits per heavy atom. The van der Waals surface area contributed by atoms with Crippen LogP contribution < -0.4 is 4.74 Å². The van der Waals surface area contributed by atoms with Gasteiger partial charge in [0, 0.05) is 13.0 Å². The van der Waals surface area contributed by atoms with Gasteiger partial charge in [0.2, 0.25) is 0 Å². The maximum atomic E-state index is 5.24. The molecule has 0 spiro atoms. The highest BCUT2D eigenvalue weighted by Crippen LogP contribution is 2.12. The lowest BCUT2D eigenvalue weighted by Crippen LogP contribution is -2.04. The average Bonchev–Trinajstić information content (AvgIpc) is 2.39. The van der Waals surface area contributed by atoms with Crippen molar-refractivity contribution in [1.29, 1.82) is 0 Å². The van der Waals surface area contributed by atoms with Crippen molar-refractivity contribution in [1.82, 2.24) is 0 Å². The molecule has 0 aliphatic carbocycles. The van der Waals surface area contributed by atoms with Gasteiger partial charge < -0.3 is 9.47 Å². The molecule has 0 aliphatic rings. The quantitative estimate of drug-likeness (QED) is 0.560. The number of rotatable bonds is 6. The van der Waals surface area contributed by atoms with Gasteiger partial charge in [-0.25, -0.2) is 0 Å². The first-order chi connectivity index (χ1) is 8.30. The predicted octanol–water partition coefficient (Wildman–Crippen LogP) is 3.08. The van der Waals surface area contributed by atoms with Crippen LogP contribution in [0.15, 0.2) is 29.3 Å². The topological polar surface area (TPSA) is 30.8 Å². The van der Waals surface area contributed by atoms with Crippen molar-refractivity contribution in [3.63, 3.8) is 0 Å². The highest BCUT2D eigenvalue weighted by molar-refractivity contribution is 5.76. The summed E-state index contributed by atoms with van der Waals surface area (Å²) >= 11 is 0. The smallest absolute Gasteiger partial charge is 0.183 e. The van der Waals surface area contributed by atoms with E-state index in [2.05, 4.69) is 24.0 Å². The first kappa shape index (κ1) is 13.6. The van der Waals surface area contributed by atoms with Crippen molar-refractivity contribution in [2.75, 3.05) is 20.8 Å². The van der Waals surface area contributed by atoms with Gasteiger partial charge in [0.15, 0.2) is 5.90 Å². The Balaban J connectivity index is 2.47. The third-order valence-electron chi connectivity index (χ3n) is 2.53. The van der Waals surface area contributed by atoms with Gasteiger partial charge in [-0.1, -0.05) is 19.1 Å². The van der Waals surface area contributed by atoms with E-state index < -0.39 is 0 Å². The van der Waals surface area contributed by atoms with Gasteiger partial charge in [0.1, 0.15) is 5.75 Å². The van der Waals surface area contributed by atoms with Crippen molar-refractivity contribution in [2.45, 2.75) is 26.2 Å². The molecule has 0 bridgehead atoms. The molecule has 0 saturated heterocycles. The summed E-state index contributed by atoms with van der Waals surface area (Å²) in [5.41, 5.74) is 1.27. The zero-order chi connectivity index (χ0) is 12.5. The minimum atomic E-state index is 0.836. The number of methoxy groups -OCH3 is 2. The number of aliphatic imine (C=N–C) groups is 1. The molecular formula is C14H21NO2. The lowest BCUT2D eigenvalue weighted by molar-refractivity contribution is 0.387. The SMILES string of the molecule is CCC/N=C(/CCc1ccc(OC)cc1)OC. The van der Waals surface area contributed by atoms with Crippen molar-refractivity contribution in [2.24, 2.45) is 4.99 Å². The summed E-state index contributed by atoms with van der Waals surface area (Å²) in [5.74, 6) is 1.73. The first-order valence-corrected chi connectivity index (χ1v) is 6.00. The molecule has 1 aromatic carbocycles. The van der Waals surface area contributed by atoms with E-state index in [0.29, 0.717) is 0 Å². The van der Waals surface area contributed by atoms with E-state index in [1.54, 1.807) is 14.2 Å². The van der Waals surface area contributed by atoms with Crippen LogP contribution in [0.5, 0.6) is 5.75 Å². The van der Waals surface area contributed by atoms with Crippen LogP contribution in [0.3, 0.4) is 0 Å². The van der Waals surface area contributed by atoms with E-state index in [9.17, 15) is 0 Å². The van der Waals surface area contributed by atoms with Gasteiger partial charge in [0.05, 0.1) is 14.2 Å². The molecule has 0 fully saturated rings. The van der Waals surface area contributed by atoms with Crippen molar-refractivity contribution in [3.05, 3.63) is 29.8 Å². The minimum Gasteiger partial charge on any atom is -0.497 e. The molecule has 0 amide bonds. The Kier molecular flexibility index (Phi) is 6.15. The molecular weight excluding hydrogens is 214 g/mol. The number of nitrogens with zero attached hydrogens (tertiary/aromatic N) is 1. The molecule has 0 aliphatic heterocycles. The molecule has 0 saturated carbocycles. The zero-order valence-corrected chi connectivity index (χ0v) is 10.9. The summed E-state index contributed by atoms with van der Waals surface area (Å²) in [7, 11) is 3.36. The van der Waals surface area contributed by atoms with Gasteiger partial charge in [-0.2, -0.15) is 0 Å². The third kappa shape index (κ3) is 4.89. The van der Waals surface area contributed by atoms with Crippen LogP contribution >= 0.6 is 0 Å². The summed E-state index contributed by atoms with van der Waals surface area (Å²) < 4.78 is 10.4. The molecule has 0 radical (unpaired) electrons. The second kappa shape index (κ2) is 7.71. The van der Waals surface area contributed by atoms with Gasteiger partial charge >= 0.3 is 0 Å². The molecule has 94 valence electrons. The van der Waals surface area contributed by atoms with Crippen LogP contribution in [-0.4, -0.2) is 26.7 Å². The number of aryl methyl sites for hydroxylation is 1. The van der Waals surface area contributed by atoms with Gasteiger partial charge in [-0.05, 0) is 30.5 Å². The molecule has 0 N–H and O–H groups in total. The van der Waals surface area contributed by atoms with E-state index in [-0.39, 0.29) is 0 Å². The lowest BCUT2D eigenvalue weighted by atomic mass is 10.1. The second-order valence-corrected chi connectivity index (χ2v) is 3.83. The molecule has 3 heteroatoms. The van der Waals surface area contributed by atoms with E-state index in [1.807, 2.05) is 12.1 Å². The number of hydrogen-bond donors (Lipinski definition) is 0. The summed E-state index contributed by atoms with van der Waals surface area (Å²) in [6, 6.07) is 8.11. The highest BCUT2D eigenvalue weighted by Gasteiger charge is 2.00. The number of ether oxygens (including phenoxy) is 2. The van der Waals surface area contributed by atoms with Crippen LogP contribution in [0.2, 0.25) is 0 Å². The van der Waals surface area contributed by atoms with Crippen LogP contribution in [0.4, 0.5) is 0 Å². The van der Waals surface area contributed by atoms with E-state index in [1.165, 1.54) is 5.56 Å². The standard InChI is InChI=1S/C14H21NO2/c1-4-11-15-14(17-3)10-7-12-5-8-13(16-2)9-6-12/h5-6,8-9H,4,7,10-11H2,1-3H3/b15-14-. The first-order valence-electron chi connectivity index (χ1n) is 6.00. The van der Waals surface area contributed by atoms with Crippen molar-refractivity contribution < 1.29 is 9.47 Å². The Labute approximate surface area is 103 Å².